The monoisotopic (exact) mass is 356 g/mol. The van der Waals surface area contributed by atoms with Crippen molar-refractivity contribution in [3.63, 3.8) is 0 Å². The van der Waals surface area contributed by atoms with Crippen molar-refractivity contribution < 1.29 is 9.53 Å². The van der Waals surface area contributed by atoms with E-state index in [1.807, 2.05) is 49.4 Å². The van der Waals surface area contributed by atoms with E-state index in [1.165, 1.54) is 0 Å². The molecule has 0 saturated carbocycles. The number of hydrogen-bond donors (Lipinski definition) is 2. The van der Waals surface area contributed by atoms with E-state index in [0.717, 1.165) is 18.4 Å². The summed E-state index contributed by atoms with van der Waals surface area (Å²) >= 11 is 5.27. The van der Waals surface area contributed by atoms with Crippen LogP contribution in [0.3, 0.4) is 0 Å². The Kier molecular flexibility index (Phi) is 7.41. The van der Waals surface area contributed by atoms with Crippen LogP contribution in [-0.4, -0.2) is 17.6 Å². The summed E-state index contributed by atoms with van der Waals surface area (Å²) in [5.41, 5.74) is 1.58. The zero-order valence-corrected chi connectivity index (χ0v) is 15.4. The van der Waals surface area contributed by atoms with Crippen LogP contribution in [0.5, 0.6) is 5.75 Å². The highest BCUT2D eigenvalue weighted by molar-refractivity contribution is 7.80. The fourth-order valence-electron chi connectivity index (χ4n) is 2.33. The average molecular weight is 356 g/mol. The smallest absolute Gasteiger partial charge is 0.261 e. The molecule has 2 aromatic carbocycles. The van der Waals surface area contributed by atoms with Crippen molar-refractivity contribution in [2.24, 2.45) is 0 Å². The first-order valence-corrected chi connectivity index (χ1v) is 8.91. The molecule has 0 saturated heterocycles. The first-order chi connectivity index (χ1) is 12.1. The maximum absolute atomic E-state index is 12.5. The van der Waals surface area contributed by atoms with Crippen LogP contribution in [0.2, 0.25) is 0 Å². The van der Waals surface area contributed by atoms with E-state index in [1.54, 1.807) is 12.1 Å². The second kappa shape index (κ2) is 9.79. The highest BCUT2D eigenvalue weighted by Gasteiger charge is 2.14. The van der Waals surface area contributed by atoms with Gasteiger partial charge in [-0.25, -0.2) is 0 Å². The van der Waals surface area contributed by atoms with Gasteiger partial charge >= 0.3 is 0 Å². The summed E-state index contributed by atoms with van der Waals surface area (Å²) in [6.45, 7) is 4.68. The quantitative estimate of drug-likeness (QED) is 0.576. The first-order valence-electron chi connectivity index (χ1n) is 8.50. The van der Waals surface area contributed by atoms with E-state index in [2.05, 4.69) is 17.6 Å². The lowest BCUT2D eigenvalue weighted by Crippen LogP contribution is -2.40. The van der Waals surface area contributed by atoms with Gasteiger partial charge in [-0.2, -0.15) is 0 Å². The van der Waals surface area contributed by atoms with Gasteiger partial charge in [-0.05, 0) is 43.3 Å². The lowest BCUT2D eigenvalue weighted by molar-refractivity contribution is 0.0972. The molecule has 0 spiro atoms. The molecule has 25 heavy (non-hydrogen) atoms. The van der Waals surface area contributed by atoms with Gasteiger partial charge in [0.1, 0.15) is 5.75 Å². The number of thiocarbonyl (C=S) groups is 1. The molecule has 0 heterocycles. The molecule has 1 atom stereocenters. The molecule has 0 aliphatic rings. The van der Waals surface area contributed by atoms with Crippen LogP contribution >= 0.6 is 12.2 Å². The lowest BCUT2D eigenvalue weighted by atomic mass is 10.1. The van der Waals surface area contributed by atoms with Gasteiger partial charge in [0.25, 0.3) is 5.91 Å². The minimum Gasteiger partial charge on any atom is -0.493 e. The van der Waals surface area contributed by atoms with Crippen molar-refractivity contribution >= 4 is 23.2 Å². The summed E-state index contributed by atoms with van der Waals surface area (Å²) in [5, 5.41) is 6.15. The molecule has 2 N–H and O–H groups in total. The van der Waals surface area contributed by atoms with Gasteiger partial charge in [0.2, 0.25) is 0 Å². The standard InChI is InChI=1S/C20H24N2O2S/c1-3-4-14-24-18-13-9-8-12-17(18)19(23)22-20(25)21-15(2)16-10-6-5-7-11-16/h5-13,15H,3-4,14H2,1-2H3,(H2,21,22,23,25). The third kappa shape index (κ3) is 5.87. The molecular weight excluding hydrogens is 332 g/mol. The minimum absolute atomic E-state index is 0.00467. The highest BCUT2D eigenvalue weighted by Crippen LogP contribution is 2.18. The van der Waals surface area contributed by atoms with Gasteiger partial charge in [0.15, 0.2) is 5.11 Å². The Morgan fingerprint density at radius 2 is 1.80 bits per heavy atom. The summed E-state index contributed by atoms with van der Waals surface area (Å²) in [7, 11) is 0. The van der Waals surface area contributed by atoms with Crippen LogP contribution in [0.15, 0.2) is 54.6 Å². The zero-order valence-electron chi connectivity index (χ0n) is 14.6. The third-order valence-corrected chi connectivity index (χ3v) is 3.98. The Bertz CT molecular complexity index is 704. The molecule has 1 unspecified atom stereocenters. The molecule has 0 aliphatic carbocycles. The number of benzene rings is 2. The lowest BCUT2D eigenvalue weighted by Gasteiger charge is -2.17. The fraction of sp³-hybridized carbons (Fsp3) is 0.300. The van der Waals surface area contributed by atoms with E-state index in [9.17, 15) is 4.79 Å². The molecule has 132 valence electrons. The highest BCUT2D eigenvalue weighted by atomic mass is 32.1. The molecule has 0 aromatic heterocycles. The number of hydrogen-bond acceptors (Lipinski definition) is 3. The van der Waals surface area contributed by atoms with E-state index in [0.29, 0.717) is 23.0 Å². The number of unbranched alkanes of at least 4 members (excludes halogenated alkanes) is 1. The maximum atomic E-state index is 12.5. The molecule has 0 aliphatic heterocycles. The van der Waals surface area contributed by atoms with Crippen LogP contribution in [0, 0.1) is 0 Å². The zero-order chi connectivity index (χ0) is 18.1. The minimum atomic E-state index is -0.273. The molecule has 1 amide bonds. The Hall–Kier alpha value is -2.40. The summed E-state index contributed by atoms with van der Waals surface area (Å²) in [6.07, 6.45) is 1.99. The molecule has 0 bridgehead atoms. The number of nitrogens with one attached hydrogen (secondary N) is 2. The maximum Gasteiger partial charge on any atom is 0.261 e. The van der Waals surface area contributed by atoms with Gasteiger partial charge in [-0.1, -0.05) is 55.8 Å². The second-order valence-corrected chi connectivity index (χ2v) is 6.17. The second-order valence-electron chi connectivity index (χ2n) is 5.76. The van der Waals surface area contributed by atoms with Crippen molar-refractivity contribution in [2.75, 3.05) is 6.61 Å². The number of amides is 1. The molecule has 2 aromatic rings. The van der Waals surface area contributed by atoms with Crippen molar-refractivity contribution in [3.05, 3.63) is 65.7 Å². The van der Waals surface area contributed by atoms with Gasteiger partial charge in [0.05, 0.1) is 18.2 Å². The van der Waals surface area contributed by atoms with Crippen LogP contribution < -0.4 is 15.4 Å². The van der Waals surface area contributed by atoms with Gasteiger partial charge < -0.3 is 10.1 Å². The Balaban J connectivity index is 1.96. The molecule has 4 nitrogen and oxygen atoms in total. The average Bonchev–Trinajstić information content (AvgIpc) is 2.63. The van der Waals surface area contributed by atoms with Gasteiger partial charge in [-0.15, -0.1) is 0 Å². The molecule has 2 rings (SSSR count). The fourth-order valence-corrected chi connectivity index (χ4v) is 2.60. The molecular formula is C20H24N2O2S. The predicted octanol–water partition coefficient (Wildman–Crippen LogP) is 4.23. The third-order valence-electron chi connectivity index (χ3n) is 3.76. The van der Waals surface area contributed by atoms with Crippen molar-refractivity contribution in [3.8, 4) is 5.75 Å². The molecule has 5 heteroatoms. The van der Waals surface area contributed by atoms with Crippen molar-refractivity contribution in [1.82, 2.24) is 10.6 Å². The number of rotatable bonds is 7. The normalized spacial score (nSPS) is 11.4. The SMILES string of the molecule is CCCCOc1ccccc1C(=O)NC(=S)NC(C)c1ccccc1. The molecule has 0 fully saturated rings. The Morgan fingerprint density at radius 3 is 2.52 bits per heavy atom. The van der Waals surface area contributed by atoms with Crippen molar-refractivity contribution in [2.45, 2.75) is 32.7 Å². The Labute approximate surface area is 154 Å². The topological polar surface area (TPSA) is 50.4 Å². The molecule has 0 radical (unpaired) electrons. The van der Waals surface area contributed by atoms with Crippen molar-refractivity contribution in [1.29, 1.82) is 0 Å². The largest absolute Gasteiger partial charge is 0.493 e. The first kappa shape index (κ1) is 18.9. The van der Waals surface area contributed by atoms with E-state index in [4.69, 9.17) is 17.0 Å². The van der Waals surface area contributed by atoms with E-state index in [-0.39, 0.29) is 11.9 Å². The summed E-state index contributed by atoms with van der Waals surface area (Å²) < 4.78 is 5.71. The predicted molar refractivity (Wildman–Crippen MR) is 105 cm³/mol. The summed E-state index contributed by atoms with van der Waals surface area (Å²) in [4.78, 5) is 12.5. The van der Waals surface area contributed by atoms with Crippen LogP contribution in [0.4, 0.5) is 0 Å². The number of carbonyl (C=O) groups excluding carboxylic acids is 1. The number of para-hydroxylation sites is 1. The van der Waals surface area contributed by atoms with Crippen LogP contribution in [-0.2, 0) is 0 Å². The van der Waals surface area contributed by atoms with Gasteiger partial charge in [-0.3, -0.25) is 10.1 Å². The van der Waals surface area contributed by atoms with Gasteiger partial charge in [0, 0.05) is 0 Å². The van der Waals surface area contributed by atoms with Crippen LogP contribution in [0.1, 0.15) is 48.7 Å². The number of carbonyl (C=O) groups is 1. The summed E-state index contributed by atoms with van der Waals surface area (Å²) in [6, 6.07) is 17.1. The Morgan fingerprint density at radius 1 is 1.12 bits per heavy atom. The number of ether oxygens (including phenoxy) is 1. The van der Waals surface area contributed by atoms with E-state index >= 15 is 0 Å². The summed E-state index contributed by atoms with van der Waals surface area (Å²) in [5.74, 6) is 0.303. The van der Waals surface area contributed by atoms with Crippen LogP contribution in [0.25, 0.3) is 0 Å². The van der Waals surface area contributed by atoms with E-state index < -0.39 is 0 Å².